The van der Waals surface area contributed by atoms with Crippen LogP contribution in [0.1, 0.15) is 34.9 Å². The lowest BCUT2D eigenvalue weighted by molar-refractivity contribution is 0.912. The Hall–Kier alpha value is -0.930. The van der Waals surface area contributed by atoms with Gasteiger partial charge in [-0.15, -0.1) is 21.8 Å². The maximum absolute atomic E-state index is 6.01. The van der Waals surface area contributed by atoms with Gasteiger partial charge in [0.25, 0.3) is 0 Å². The molecule has 0 amide bonds. The molecular weight excluding hydrogens is 252 g/mol. The van der Waals surface area contributed by atoms with Crippen LogP contribution in [0.2, 0.25) is 0 Å². The van der Waals surface area contributed by atoms with Crippen molar-refractivity contribution in [2.45, 2.75) is 31.6 Å². The molecule has 2 nitrogen and oxygen atoms in total. The Morgan fingerprint density at radius 1 is 1.24 bits per heavy atom. The minimum Gasteiger partial charge on any atom is -0.142 e. The van der Waals surface area contributed by atoms with E-state index in [9.17, 15) is 0 Å². The predicted octanol–water partition coefficient (Wildman–Crippen LogP) is 3.99. The lowest BCUT2D eigenvalue weighted by Crippen LogP contribution is -1.84. The number of benzene rings is 1. The lowest BCUT2D eigenvalue weighted by atomic mass is 10.1. The van der Waals surface area contributed by atoms with Gasteiger partial charge in [-0.3, -0.25) is 0 Å². The molecule has 88 valence electrons. The first-order valence-electron chi connectivity index (χ1n) is 5.83. The molecule has 2 aromatic rings. The minimum atomic E-state index is -0.0596. The fourth-order valence-electron chi connectivity index (χ4n) is 2.22. The topological polar surface area (TPSA) is 25.8 Å². The number of hydrogen-bond acceptors (Lipinski definition) is 3. The second-order valence-electron chi connectivity index (χ2n) is 4.40. The summed E-state index contributed by atoms with van der Waals surface area (Å²) in [5.74, 6) is 0. The minimum absolute atomic E-state index is 0.0596. The molecule has 4 heteroatoms. The Labute approximate surface area is 110 Å². The summed E-state index contributed by atoms with van der Waals surface area (Å²) in [6, 6.07) is 6.63. The van der Waals surface area contributed by atoms with Gasteiger partial charge in [0.1, 0.15) is 10.0 Å². The van der Waals surface area contributed by atoms with E-state index in [0.29, 0.717) is 0 Å². The molecule has 1 heterocycles. The smallest absolute Gasteiger partial charge is 0.142 e. The lowest BCUT2D eigenvalue weighted by Gasteiger charge is -2.01. The van der Waals surface area contributed by atoms with Crippen molar-refractivity contribution in [3.05, 3.63) is 34.3 Å². The molecule has 1 aliphatic rings. The van der Waals surface area contributed by atoms with Gasteiger partial charge in [0.05, 0.1) is 5.38 Å². The largest absolute Gasteiger partial charge is 0.147 e. The predicted molar refractivity (Wildman–Crippen MR) is 71.6 cm³/mol. The van der Waals surface area contributed by atoms with Crippen LogP contribution in [-0.2, 0) is 12.8 Å². The van der Waals surface area contributed by atoms with Gasteiger partial charge >= 0.3 is 0 Å². The van der Waals surface area contributed by atoms with Gasteiger partial charge in [-0.2, -0.15) is 0 Å². The maximum atomic E-state index is 6.01. The van der Waals surface area contributed by atoms with Gasteiger partial charge in [-0.25, -0.2) is 0 Å². The monoisotopic (exact) mass is 264 g/mol. The number of nitrogens with zero attached hydrogens (tertiary/aromatic N) is 2. The molecule has 0 radical (unpaired) electrons. The summed E-state index contributed by atoms with van der Waals surface area (Å²) in [6.45, 7) is 1.93. The SMILES string of the molecule is CC(Cl)c1nnc(-c2ccc3c(c2)CCC3)s1. The molecule has 0 aliphatic heterocycles. The van der Waals surface area contributed by atoms with Crippen LogP contribution in [0.25, 0.3) is 10.6 Å². The van der Waals surface area contributed by atoms with Gasteiger partial charge in [-0.1, -0.05) is 23.5 Å². The molecule has 1 aromatic heterocycles. The highest BCUT2D eigenvalue weighted by Crippen LogP contribution is 2.32. The summed E-state index contributed by atoms with van der Waals surface area (Å²) in [6.07, 6.45) is 3.69. The van der Waals surface area contributed by atoms with Gasteiger partial charge in [0, 0.05) is 5.56 Å². The summed E-state index contributed by atoms with van der Waals surface area (Å²) in [4.78, 5) is 0. The van der Waals surface area contributed by atoms with E-state index in [0.717, 1.165) is 10.0 Å². The van der Waals surface area contributed by atoms with Crippen molar-refractivity contribution >= 4 is 22.9 Å². The standard InChI is InChI=1S/C13H13ClN2S/c1-8(14)12-15-16-13(17-12)11-6-5-9-3-2-4-10(9)7-11/h5-8H,2-4H2,1H3. The van der Waals surface area contributed by atoms with Crippen molar-refractivity contribution in [1.82, 2.24) is 10.2 Å². The van der Waals surface area contributed by atoms with E-state index in [1.54, 1.807) is 11.3 Å². The molecule has 0 saturated carbocycles. The van der Waals surface area contributed by atoms with Crippen molar-refractivity contribution < 1.29 is 0 Å². The summed E-state index contributed by atoms with van der Waals surface area (Å²) in [5.41, 5.74) is 4.13. The average molecular weight is 265 g/mol. The highest BCUT2D eigenvalue weighted by Gasteiger charge is 2.14. The molecule has 0 spiro atoms. The first-order valence-corrected chi connectivity index (χ1v) is 7.09. The van der Waals surface area contributed by atoms with E-state index in [2.05, 4.69) is 28.4 Å². The number of halogens is 1. The third-order valence-corrected chi connectivity index (χ3v) is 4.62. The van der Waals surface area contributed by atoms with E-state index in [-0.39, 0.29) is 5.38 Å². The normalized spacial score (nSPS) is 15.9. The Morgan fingerprint density at radius 3 is 2.82 bits per heavy atom. The Kier molecular flexibility index (Phi) is 2.89. The van der Waals surface area contributed by atoms with E-state index in [4.69, 9.17) is 11.6 Å². The van der Waals surface area contributed by atoms with Crippen molar-refractivity contribution in [3.63, 3.8) is 0 Å². The molecule has 0 bridgehead atoms. The van der Waals surface area contributed by atoms with Crippen molar-refractivity contribution in [3.8, 4) is 10.6 Å². The highest BCUT2D eigenvalue weighted by molar-refractivity contribution is 7.15. The zero-order valence-corrected chi connectivity index (χ0v) is 11.2. The van der Waals surface area contributed by atoms with Gasteiger partial charge in [-0.05, 0) is 43.4 Å². The molecule has 1 aliphatic carbocycles. The van der Waals surface area contributed by atoms with Gasteiger partial charge < -0.3 is 0 Å². The van der Waals surface area contributed by atoms with Crippen LogP contribution < -0.4 is 0 Å². The van der Waals surface area contributed by atoms with Crippen molar-refractivity contribution in [2.75, 3.05) is 0 Å². The third kappa shape index (κ3) is 2.09. The molecule has 0 fully saturated rings. The van der Waals surface area contributed by atoms with Gasteiger partial charge in [0.15, 0.2) is 0 Å². The van der Waals surface area contributed by atoms with Crippen LogP contribution in [0.4, 0.5) is 0 Å². The van der Waals surface area contributed by atoms with E-state index >= 15 is 0 Å². The zero-order chi connectivity index (χ0) is 11.8. The zero-order valence-electron chi connectivity index (χ0n) is 9.61. The molecule has 3 rings (SSSR count). The summed E-state index contributed by atoms with van der Waals surface area (Å²) in [7, 11) is 0. The summed E-state index contributed by atoms with van der Waals surface area (Å²) in [5, 5.41) is 10.1. The molecule has 1 aromatic carbocycles. The van der Waals surface area contributed by atoms with Crippen LogP contribution in [0.5, 0.6) is 0 Å². The average Bonchev–Trinajstić information content (AvgIpc) is 2.97. The van der Waals surface area contributed by atoms with E-state index in [1.165, 1.54) is 36.0 Å². The second-order valence-corrected chi connectivity index (χ2v) is 6.06. The number of hydrogen-bond donors (Lipinski definition) is 0. The van der Waals surface area contributed by atoms with Crippen LogP contribution in [-0.4, -0.2) is 10.2 Å². The third-order valence-electron chi connectivity index (χ3n) is 3.13. The number of aromatic nitrogens is 2. The first-order chi connectivity index (χ1) is 8.24. The number of aryl methyl sites for hydroxylation is 2. The Balaban J connectivity index is 1.97. The Morgan fingerprint density at radius 2 is 2.06 bits per heavy atom. The van der Waals surface area contributed by atoms with Crippen LogP contribution >= 0.6 is 22.9 Å². The molecule has 0 saturated heterocycles. The summed E-state index contributed by atoms with van der Waals surface area (Å²) < 4.78 is 0. The molecule has 1 unspecified atom stereocenters. The fourth-order valence-corrected chi connectivity index (χ4v) is 3.16. The fraction of sp³-hybridized carbons (Fsp3) is 0.385. The maximum Gasteiger partial charge on any atom is 0.147 e. The van der Waals surface area contributed by atoms with Crippen molar-refractivity contribution in [2.24, 2.45) is 0 Å². The molecule has 0 N–H and O–H groups in total. The number of alkyl halides is 1. The molecular formula is C13H13ClN2S. The van der Waals surface area contributed by atoms with Crippen LogP contribution in [0.15, 0.2) is 18.2 Å². The van der Waals surface area contributed by atoms with Gasteiger partial charge in [0.2, 0.25) is 0 Å². The quantitative estimate of drug-likeness (QED) is 0.767. The first kappa shape index (κ1) is 11.2. The van der Waals surface area contributed by atoms with Crippen LogP contribution in [0.3, 0.4) is 0 Å². The molecule has 17 heavy (non-hydrogen) atoms. The van der Waals surface area contributed by atoms with E-state index < -0.39 is 0 Å². The van der Waals surface area contributed by atoms with Crippen molar-refractivity contribution in [1.29, 1.82) is 0 Å². The van der Waals surface area contributed by atoms with E-state index in [1.807, 2.05) is 6.92 Å². The number of rotatable bonds is 2. The summed E-state index contributed by atoms with van der Waals surface area (Å²) >= 11 is 7.59. The Bertz CT molecular complexity index is 548. The van der Waals surface area contributed by atoms with Crippen LogP contribution in [0, 0.1) is 0 Å². The second kappa shape index (κ2) is 4.39. The number of fused-ring (bicyclic) bond motifs is 1. The highest BCUT2D eigenvalue weighted by atomic mass is 35.5. The molecule has 1 atom stereocenters.